The average Bonchev–Trinajstić information content (AvgIpc) is 2.55. The van der Waals surface area contributed by atoms with Gasteiger partial charge in [0, 0.05) is 26.8 Å². The summed E-state index contributed by atoms with van der Waals surface area (Å²) in [5.41, 5.74) is 0.798. The van der Waals surface area contributed by atoms with Gasteiger partial charge in [0.2, 0.25) is 0 Å². The lowest BCUT2D eigenvalue weighted by Crippen LogP contribution is -2.38. The van der Waals surface area contributed by atoms with Crippen LogP contribution in [0.5, 0.6) is 5.75 Å². The first-order chi connectivity index (χ1) is 11.6. The number of aliphatic imine (C=N–C) groups is 1. The summed E-state index contributed by atoms with van der Waals surface area (Å²) >= 11 is 0. The summed E-state index contributed by atoms with van der Waals surface area (Å²) < 4.78 is 10.7. The molecule has 0 aliphatic rings. The second kappa shape index (κ2) is 14.1. The van der Waals surface area contributed by atoms with Crippen LogP contribution in [0, 0.1) is 0 Å². The molecular formula is C18H32IN3O3. The molecule has 144 valence electrons. The molecule has 6 nitrogen and oxygen atoms in total. The quantitative estimate of drug-likeness (QED) is 0.215. The van der Waals surface area contributed by atoms with Crippen molar-refractivity contribution in [2.45, 2.75) is 39.4 Å². The largest absolute Gasteiger partial charge is 0.491 e. The number of aliphatic hydroxyl groups is 1. The van der Waals surface area contributed by atoms with Gasteiger partial charge in [0.15, 0.2) is 5.96 Å². The minimum Gasteiger partial charge on any atom is -0.491 e. The van der Waals surface area contributed by atoms with E-state index in [1.54, 1.807) is 7.11 Å². The van der Waals surface area contributed by atoms with Gasteiger partial charge < -0.3 is 25.2 Å². The van der Waals surface area contributed by atoms with Crippen molar-refractivity contribution in [2.75, 3.05) is 33.4 Å². The number of nitrogens with one attached hydrogen (secondary N) is 2. The molecule has 0 bridgehead atoms. The third kappa shape index (κ3) is 10.5. The first kappa shape index (κ1) is 23.9. The lowest BCUT2D eigenvalue weighted by molar-refractivity contribution is 0.185. The minimum absolute atomic E-state index is 0. The summed E-state index contributed by atoms with van der Waals surface area (Å²) in [5, 5.41) is 16.8. The summed E-state index contributed by atoms with van der Waals surface area (Å²) in [6.07, 6.45) is 0.333. The van der Waals surface area contributed by atoms with E-state index in [1.807, 2.05) is 45.0 Å². The Kier molecular flexibility index (Phi) is 13.5. The van der Waals surface area contributed by atoms with Crippen LogP contribution in [-0.2, 0) is 4.74 Å². The van der Waals surface area contributed by atoms with Crippen molar-refractivity contribution in [2.24, 2.45) is 4.99 Å². The topological polar surface area (TPSA) is 75.1 Å². The van der Waals surface area contributed by atoms with Gasteiger partial charge in [0.25, 0.3) is 0 Å². The summed E-state index contributed by atoms with van der Waals surface area (Å²) in [7, 11) is 1.69. The molecule has 0 spiro atoms. The minimum atomic E-state index is -0.671. The van der Waals surface area contributed by atoms with E-state index in [9.17, 15) is 5.11 Å². The highest BCUT2D eigenvalue weighted by Crippen LogP contribution is 2.20. The zero-order valence-corrected chi connectivity index (χ0v) is 17.9. The Morgan fingerprint density at radius 1 is 1.28 bits per heavy atom. The molecule has 7 heteroatoms. The standard InChI is InChI=1S/C18H31N3O3.HI/c1-5-19-18(20-10-7-11-23-4)21-13-17(22)15-8-6-9-16(12-15)24-14(2)3;/h6,8-9,12,14,17,22H,5,7,10-11,13H2,1-4H3,(H2,19,20,21);1H. The fraction of sp³-hybridized carbons (Fsp3) is 0.611. The van der Waals surface area contributed by atoms with Gasteiger partial charge in [0.1, 0.15) is 5.75 Å². The third-order valence-corrected chi connectivity index (χ3v) is 3.20. The Hall–Kier alpha value is -1.06. The number of halogens is 1. The number of guanidine groups is 1. The highest BCUT2D eigenvalue weighted by Gasteiger charge is 2.09. The van der Waals surface area contributed by atoms with Gasteiger partial charge in [-0.25, -0.2) is 0 Å². The van der Waals surface area contributed by atoms with Crippen LogP contribution in [0.2, 0.25) is 0 Å². The number of hydrogen-bond acceptors (Lipinski definition) is 4. The predicted octanol–water partition coefficient (Wildman–Crippen LogP) is 2.72. The normalized spacial score (nSPS) is 12.5. The van der Waals surface area contributed by atoms with Gasteiger partial charge in [-0.05, 0) is 44.9 Å². The van der Waals surface area contributed by atoms with Crippen LogP contribution in [0.4, 0.5) is 0 Å². The molecule has 3 N–H and O–H groups in total. The molecule has 0 aromatic heterocycles. The molecule has 1 aromatic carbocycles. The fourth-order valence-electron chi connectivity index (χ4n) is 2.12. The average molecular weight is 465 g/mol. The highest BCUT2D eigenvalue weighted by atomic mass is 127. The zero-order chi connectivity index (χ0) is 17.8. The van der Waals surface area contributed by atoms with Crippen molar-refractivity contribution in [1.82, 2.24) is 10.6 Å². The van der Waals surface area contributed by atoms with Crippen LogP contribution < -0.4 is 15.4 Å². The lowest BCUT2D eigenvalue weighted by Gasteiger charge is -2.15. The van der Waals surface area contributed by atoms with Gasteiger partial charge in [-0.1, -0.05) is 12.1 Å². The molecule has 1 atom stereocenters. The van der Waals surface area contributed by atoms with Crippen molar-refractivity contribution in [3.8, 4) is 5.75 Å². The number of benzene rings is 1. The lowest BCUT2D eigenvalue weighted by atomic mass is 10.1. The van der Waals surface area contributed by atoms with Crippen LogP contribution >= 0.6 is 24.0 Å². The van der Waals surface area contributed by atoms with Gasteiger partial charge in [-0.2, -0.15) is 0 Å². The van der Waals surface area contributed by atoms with Gasteiger partial charge >= 0.3 is 0 Å². The summed E-state index contributed by atoms with van der Waals surface area (Å²) in [5.74, 6) is 1.46. The monoisotopic (exact) mass is 465 g/mol. The van der Waals surface area contributed by atoms with Crippen molar-refractivity contribution in [1.29, 1.82) is 0 Å². The number of nitrogens with zero attached hydrogens (tertiary/aromatic N) is 1. The van der Waals surface area contributed by atoms with E-state index >= 15 is 0 Å². The van der Waals surface area contributed by atoms with Crippen molar-refractivity contribution < 1.29 is 14.6 Å². The molecule has 0 saturated heterocycles. The first-order valence-electron chi connectivity index (χ1n) is 8.52. The maximum absolute atomic E-state index is 10.4. The van der Waals surface area contributed by atoms with Crippen molar-refractivity contribution >= 4 is 29.9 Å². The summed E-state index contributed by atoms with van der Waals surface area (Å²) in [4.78, 5) is 4.44. The van der Waals surface area contributed by atoms with E-state index < -0.39 is 6.10 Å². The van der Waals surface area contributed by atoms with Crippen LogP contribution in [0.15, 0.2) is 29.3 Å². The predicted molar refractivity (Wildman–Crippen MR) is 113 cm³/mol. The molecule has 0 heterocycles. The Balaban J connectivity index is 0.00000576. The zero-order valence-electron chi connectivity index (χ0n) is 15.6. The summed E-state index contributed by atoms with van der Waals surface area (Å²) in [6, 6.07) is 7.51. The Labute approximate surface area is 168 Å². The second-order valence-corrected chi connectivity index (χ2v) is 5.75. The van der Waals surface area contributed by atoms with E-state index in [2.05, 4.69) is 15.6 Å². The Bertz CT molecular complexity index is 498. The van der Waals surface area contributed by atoms with E-state index in [0.29, 0.717) is 12.6 Å². The van der Waals surface area contributed by atoms with Crippen LogP contribution in [0.3, 0.4) is 0 Å². The fourth-order valence-corrected chi connectivity index (χ4v) is 2.12. The van der Waals surface area contributed by atoms with E-state index in [0.717, 1.165) is 30.8 Å². The Morgan fingerprint density at radius 3 is 2.68 bits per heavy atom. The maximum Gasteiger partial charge on any atom is 0.191 e. The molecule has 0 aliphatic carbocycles. The van der Waals surface area contributed by atoms with Crippen molar-refractivity contribution in [3.05, 3.63) is 29.8 Å². The smallest absolute Gasteiger partial charge is 0.191 e. The number of rotatable bonds is 10. The molecule has 1 unspecified atom stereocenters. The highest BCUT2D eigenvalue weighted by molar-refractivity contribution is 14.0. The van der Waals surface area contributed by atoms with Gasteiger partial charge in [-0.15, -0.1) is 24.0 Å². The molecule has 0 amide bonds. The van der Waals surface area contributed by atoms with Gasteiger partial charge in [-0.3, -0.25) is 4.99 Å². The Morgan fingerprint density at radius 2 is 2.04 bits per heavy atom. The van der Waals surface area contributed by atoms with Crippen molar-refractivity contribution in [3.63, 3.8) is 0 Å². The van der Waals surface area contributed by atoms with Crippen LogP contribution in [0.1, 0.15) is 38.9 Å². The molecule has 0 fully saturated rings. The number of aliphatic hydroxyl groups excluding tert-OH is 1. The maximum atomic E-state index is 10.4. The summed E-state index contributed by atoms with van der Waals surface area (Å²) in [6.45, 7) is 8.49. The molecule has 0 radical (unpaired) electrons. The third-order valence-electron chi connectivity index (χ3n) is 3.20. The molecular weight excluding hydrogens is 433 g/mol. The number of methoxy groups -OCH3 is 1. The first-order valence-corrected chi connectivity index (χ1v) is 8.52. The van der Waals surface area contributed by atoms with Crippen LogP contribution in [0.25, 0.3) is 0 Å². The number of hydrogen-bond donors (Lipinski definition) is 3. The molecule has 0 saturated carbocycles. The molecule has 1 aromatic rings. The number of ether oxygens (including phenoxy) is 2. The van der Waals surface area contributed by atoms with E-state index in [1.165, 1.54) is 0 Å². The van der Waals surface area contributed by atoms with E-state index in [4.69, 9.17) is 9.47 Å². The van der Waals surface area contributed by atoms with E-state index in [-0.39, 0.29) is 36.6 Å². The SMILES string of the molecule is CCNC(=NCC(O)c1cccc(OC(C)C)c1)NCCCOC.I. The molecule has 0 aliphatic heterocycles. The van der Waals surface area contributed by atoms with Gasteiger partial charge in [0.05, 0.1) is 18.8 Å². The van der Waals surface area contributed by atoms with Crippen LogP contribution in [-0.4, -0.2) is 50.5 Å². The second-order valence-electron chi connectivity index (χ2n) is 5.75. The molecule has 25 heavy (non-hydrogen) atoms. The molecule has 1 rings (SSSR count).